The highest BCUT2D eigenvalue weighted by molar-refractivity contribution is 7.87. The van der Waals surface area contributed by atoms with Crippen molar-refractivity contribution in [1.29, 1.82) is 0 Å². The van der Waals surface area contributed by atoms with Gasteiger partial charge < -0.3 is 15.3 Å². The zero-order valence-corrected chi connectivity index (χ0v) is 31.1. The molecule has 2 N–H and O–H groups in total. The summed E-state index contributed by atoms with van der Waals surface area (Å²) in [5.41, 5.74) is -0.279. The van der Waals surface area contributed by atoms with E-state index < -0.39 is 45.7 Å². The van der Waals surface area contributed by atoms with Crippen LogP contribution >= 0.6 is 12.4 Å². The first-order valence-electron chi connectivity index (χ1n) is 16.2. The van der Waals surface area contributed by atoms with Crippen LogP contribution in [-0.4, -0.2) is 44.3 Å². The molecule has 50 heavy (non-hydrogen) atoms. The van der Waals surface area contributed by atoms with Crippen LogP contribution in [0.5, 0.6) is 0 Å². The molecule has 0 saturated heterocycles. The smallest absolute Gasteiger partial charge is 0.328 e. The molecule has 0 aromatic rings. The summed E-state index contributed by atoms with van der Waals surface area (Å²) < 4.78 is 94.5. The van der Waals surface area contributed by atoms with Crippen LogP contribution in [0.2, 0.25) is 0 Å². The van der Waals surface area contributed by atoms with Crippen LogP contribution in [0, 0.1) is 52.6 Å². The number of halogens is 7. The van der Waals surface area contributed by atoms with Crippen molar-refractivity contribution in [3.8, 4) is 0 Å². The van der Waals surface area contributed by atoms with Gasteiger partial charge >= 0.3 is 21.8 Å². The molecule has 4 rings (SSSR count). The van der Waals surface area contributed by atoms with E-state index in [1.807, 2.05) is 40.7 Å². The topological polar surface area (TPSA) is 112 Å². The maximum absolute atomic E-state index is 12.4. The molecule has 284 valence electrons. The van der Waals surface area contributed by atoms with Gasteiger partial charge in [-0.05, 0) is 74.0 Å². The Balaban J connectivity index is 0.000000398. The summed E-state index contributed by atoms with van der Waals surface area (Å²) in [6.45, 7) is 26.8. The summed E-state index contributed by atoms with van der Waals surface area (Å²) in [6.07, 6.45) is 3.86. The van der Waals surface area contributed by atoms with Gasteiger partial charge in [0.15, 0.2) is 11.6 Å². The van der Waals surface area contributed by atoms with E-state index in [0.29, 0.717) is 18.0 Å². The number of carbonyl (C=O) groups is 2. The molecule has 0 radical (unpaired) electrons. The van der Waals surface area contributed by atoms with Crippen molar-refractivity contribution in [3.63, 3.8) is 0 Å². The molecular formula is C34H48ClF6N3O5S. The number of Topliss-reactive ketones (excluding diaryl/α,β-unsaturated/α-hetero) is 2. The van der Waals surface area contributed by atoms with E-state index in [2.05, 4.69) is 20.8 Å². The largest absolute Gasteiger partial charge is 0.523 e. The second-order valence-corrected chi connectivity index (χ2v) is 16.8. The lowest BCUT2D eigenvalue weighted by Gasteiger charge is -2.52. The van der Waals surface area contributed by atoms with Crippen LogP contribution in [0.15, 0.2) is 23.5 Å². The quantitative estimate of drug-likeness (QED) is 0.133. The average Bonchev–Trinajstić information content (AvgIpc) is 2.95. The van der Waals surface area contributed by atoms with Crippen LogP contribution < -0.4 is 5.73 Å². The number of nitrogens with zero attached hydrogens (tertiary/aromatic N) is 2. The number of hydrogen-bond acceptors (Lipinski definition) is 6. The Hall–Kier alpha value is -2.46. The van der Waals surface area contributed by atoms with Crippen molar-refractivity contribution >= 4 is 34.1 Å². The summed E-state index contributed by atoms with van der Waals surface area (Å²) in [4.78, 5) is 31.4. The van der Waals surface area contributed by atoms with Gasteiger partial charge in [0.1, 0.15) is 0 Å². The highest BCUT2D eigenvalue weighted by Gasteiger charge is 2.54. The first kappa shape index (κ1) is 45.6. The Labute approximate surface area is 297 Å². The van der Waals surface area contributed by atoms with Crippen molar-refractivity contribution in [2.45, 2.75) is 118 Å². The highest BCUT2D eigenvalue weighted by atomic mass is 35.5. The summed E-state index contributed by atoms with van der Waals surface area (Å²) in [7, 11) is -5.35. The Morgan fingerprint density at radius 3 is 1.60 bits per heavy atom. The highest BCUT2D eigenvalue weighted by Crippen LogP contribution is 2.57. The van der Waals surface area contributed by atoms with Crippen LogP contribution in [0.25, 0.3) is 9.69 Å². The van der Waals surface area contributed by atoms with E-state index in [9.17, 15) is 44.3 Å². The standard InChI is InChI=1S/C17H22F3NO.C14H20N2O.C3H5F3O3S.ClH/c1-15(2)13-6-5-11(7-8-17(18,19)20)9-16(13,3)10-12(21-4)14(15)22;1-13(2)11-6-5-9(15)7-14(11,3)8-10(16-4)12(13)17;1-2-9-10(7,8)3(4,5)6;/h10-11,13H,5-9H2,1-3H3;8-9,11H,5-7,15H2,1-3H3;2H2,1H3;1H/t11-,13+,16+;9-,11-,14-;;/m01../s1. The fourth-order valence-electron chi connectivity index (χ4n) is 8.54. The zero-order chi connectivity index (χ0) is 38.0. The molecule has 0 aromatic carbocycles. The van der Waals surface area contributed by atoms with Crippen molar-refractivity contribution in [1.82, 2.24) is 0 Å². The molecule has 4 aliphatic carbocycles. The zero-order valence-electron chi connectivity index (χ0n) is 29.4. The van der Waals surface area contributed by atoms with Crippen LogP contribution in [0.3, 0.4) is 0 Å². The van der Waals surface area contributed by atoms with Gasteiger partial charge in [0, 0.05) is 23.3 Å². The first-order valence-corrected chi connectivity index (χ1v) is 17.6. The molecule has 0 unspecified atom stereocenters. The lowest BCUT2D eigenvalue weighted by molar-refractivity contribution is -0.140. The van der Waals surface area contributed by atoms with Gasteiger partial charge in [0.05, 0.1) is 19.8 Å². The van der Waals surface area contributed by atoms with Crippen molar-refractivity contribution in [2.24, 2.45) is 45.1 Å². The Morgan fingerprint density at radius 2 is 1.24 bits per heavy atom. The molecule has 2 saturated carbocycles. The second kappa shape index (κ2) is 16.1. The average molecular weight is 760 g/mol. The van der Waals surface area contributed by atoms with Gasteiger partial charge in [0.25, 0.3) is 0 Å². The predicted octanol–water partition coefficient (Wildman–Crippen LogP) is 8.99. The molecule has 2 fully saturated rings. The normalized spacial score (nSPS) is 31.6. The van der Waals surface area contributed by atoms with Crippen LogP contribution in [-0.2, 0) is 23.9 Å². The van der Waals surface area contributed by atoms with Crippen molar-refractivity contribution in [3.05, 3.63) is 46.4 Å². The molecule has 8 nitrogen and oxygen atoms in total. The molecule has 0 aromatic heterocycles. The third kappa shape index (κ3) is 10.1. The van der Waals surface area contributed by atoms with Crippen molar-refractivity contribution in [2.75, 3.05) is 6.61 Å². The third-order valence-corrected chi connectivity index (χ3v) is 11.8. The lowest BCUT2D eigenvalue weighted by atomic mass is 9.51. The third-order valence-electron chi connectivity index (χ3n) is 10.7. The van der Waals surface area contributed by atoms with Gasteiger partial charge in [-0.25, -0.2) is 9.69 Å². The van der Waals surface area contributed by atoms with Crippen LogP contribution in [0.4, 0.5) is 26.3 Å². The predicted molar refractivity (Wildman–Crippen MR) is 178 cm³/mol. The Kier molecular flexibility index (Phi) is 14.6. The molecule has 0 amide bonds. The number of carbonyl (C=O) groups excluding carboxylic acids is 2. The van der Waals surface area contributed by atoms with Crippen LogP contribution in [0.1, 0.15) is 99.8 Å². The van der Waals surface area contributed by atoms with E-state index >= 15 is 0 Å². The molecule has 6 atom stereocenters. The van der Waals surface area contributed by atoms with E-state index in [0.717, 1.165) is 39.0 Å². The maximum atomic E-state index is 12.4. The van der Waals surface area contributed by atoms with E-state index in [1.54, 1.807) is 6.08 Å². The number of allylic oxidation sites excluding steroid dienone is 4. The van der Waals surface area contributed by atoms with Gasteiger partial charge in [-0.2, -0.15) is 34.8 Å². The molecular weight excluding hydrogens is 712 g/mol. The van der Waals surface area contributed by atoms with E-state index in [1.165, 1.54) is 0 Å². The molecule has 0 spiro atoms. The number of nitrogens with two attached hydrogens (primary N) is 1. The monoisotopic (exact) mass is 759 g/mol. The minimum atomic E-state index is -5.35. The first-order chi connectivity index (χ1) is 22.1. The summed E-state index contributed by atoms with van der Waals surface area (Å²) in [5.74, 6) is 0.298. The molecule has 4 aliphatic rings. The van der Waals surface area contributed by atoms with Gasteiger partial charge in [-0.15, -0.1) is 12.4 Å². The van der Waals surface area contributed by atoms with Gasteiger partial charge in [-0.1, -0.05) is 60.1 Å². The number of hydrogen-bond donors (Lipinski definition) is 1. The Bertz CT molecular complexity index is 1530. The molecule has 0 aliphatic heterocycles. The summed E-state index contributed by atoms with van der Waals surface area (Å²) in [5, 5.41) is 0. The van der Waals surface area contributed by atoms with E-state index in [4.69, 9.17) is 18.9 Å². The Morgan fingerprint density at radius 1 is 0.820 bits per heavy atom. The minimum Gasteiger partial charge on any atom is -0.328 e. The number of fused-ring (bicyclic) bond motifs is 2. The number of ketones is 2. The fourth-order valence-corrected chi connectivity index (χ4v) is 8.99. The number of alkyl halides is 6. The number of rotatable bonds is 4. The molecule has 16 heteroatoms. The van der Waals surface area contributed by atoms with Crippen molar-refractivity contribution < 1.29 is 48.5 Å². The summed E-state index contributed by atoms with van der Waals surface area (Å²) >= 11 is 0. The summed E-state index contributed by atoms with van der Waals surface area (Å²) in [6, 6.07) is 0.198. The fraction of sp³-hybridized carbons (Fsp3) is 0.765. The second-order valence-electron chi connectivity index (χ2n) is 15.2. The minimum absolute atomic E-state index is 0. The SMILES string of the molecule is CCOS(=O)(=O)C(F)(F)F.Cl.[C-]#[N+]C1=C[C@@]2(C)C[C@H](CCC(F)(F)F)CC[C@@H]2C(C)(C)C1=O.[C-]#[N+]C1=C[C@@]2(C)C[C@H](N)CC[C@@H]2C(C)(C)C1=O. The van der Waals surface area contributed by atoms with E-state index in [-0.39, 0.29) is 64.8 Å². The lowest BCUT2D eigenvalue weighted by Crippen LogP contribution is -2.51. The molecule has 0 heterocycles. The molecule has 0 bridgehead atoms. The van der Waals surface area contributed by atoms with Gasteiger partial charge in [-0.3, -0.25) is 4.18 Å². The van der Waals surface area contributed by atoms with Gasteiger partial charge in [0.2, 0.25) is 11.4 Å². The maximum Gasteiger partial charge on any atom is 0.523 e.